The van der Waals surface area contributed by atoms with Gasteiger partial charge in [0.05, 0.1) is 18.7 Å². The summed E-state index contributed by atoms with van der Waals surface area (Å²) in [6.45, 7) is 2.19. The number of nitrogens with one attached hydrogen (secondary N) is 1. The molecule has 0 aliphatic carbocycles. The highest BCUT2D eigenvalue weighted by Gasteiger charge is 2.14. The second-order valence-corrected chi connectivity index (χ2v) is 6.93. The van der Waals surface area contributed by atoms with E-state index in [9.17, 15) is 14.4 Å². The van der Waals surface area contributed by atoms with E-state index in [1.807, 2.05) is 30.3 Å². The van der Waals surface area contributed by atoms with Crippen molar-refractivity contribution in [3.8, 4) is 0 Å². The Morgan fingerprint density at radius 2 is 1.81 bits per heavy atom. The number of hydrogen-bond acceptors (Lipinski definition) is 7. The average Bonchev–Trinajstić information content (AvgIpc) is 3.20. The Kier molecular flexibility index (Phi) is 6.02. The molecule has 162 valence electrons. The van der Waals surface area contributed by atoms with Gasteiger partial charge in [0, 0.05) is 5.69 Å². The van der Waals surface area contributed by atoms with Gasteiger partial charge in [0.2, 0.25) is 5.91 Å². The summed E-state index contributed by atoms with van der Waals surface area (Å²) in [6.07, 6.45) is 1.30. The van der Waals surface area contributed by atoms with E-state index >= 15 is 0 Å². The number of rotatable bonds is 7. The molecule has 1 N–H and O–H groups in total. The third kappa shape index (κ3) is 4.53. The van der Waals surface area contributed by atoms with E-state index in [1.165, 1.54) is 10.9 Å². The minimum Gasteiger partial charge on any atom is -0.462 e. The second-order valence-electron chi connectivity index (χ2n) is 6.93. The molecule has 0 unspecified atom stereocenters. The van der Waals surface area contributed by atoms with Crippen molar-refractivity contribution >= 4 is 28.7 Å². The van der Waals surface area contributed by atoms with E-state index in [4.69, 9.17) is 4.74 Å². The smallest absolute Gasteiger partial charge is 0.338 e. The number of hydrogen-bond donors (Lipinski definition) is 1. The molecule has 2 aromatic heterocycles. The Bertz CT molecular complexity index is 1310. The molecule has 0 bridgehead atoms. The summed E-state index contributed by atoms with van der Waals surface area (Å²) in [7, 11) is 0. The Hall–Kier alpha value is -4.34. The Morgan fingerprint density at radius 3 is 2.53 bits per heavy atom. The van der Waals surface area contributed by atoms with Crippen LogP contribution in [-0.2, 0) is 22.6 Å². The molecule has 1 amide bonds. The molecule has 2 heterocycles. The van der Waals surface area contributed by atoms with Gasteiger partial charge in [-0.05, 0) is 36.8 Å². The van der Waals surface area contributed by atoms with Crippen LogP contribution in [0, 0.1) is 0 Å². The van der Waals surface area contributed by atoms with E-state index in [0.29, 0.717) is 23.4 Å². The molecule has 0 aliphatic heterocycles. The Labute approximate surface area is 182 Å². The number of carbonyl (C=O) groups excluding carboxylic acids is 2. The number of benzene rings is 2. The zero-order valence-corrected chi connectivity index (χ0v) is 17.3. The molecular formula is C22H20N6O4. The molecule has 4 aromatic rings. The van der Waals surface area contributed by atoms with Gasteiger partial charge in [0.15, 0.2) is 11.2 Å². The molecule has 10 heteroatoms. The maximum absolute atomic E-state index is 12.7. The van der Waals surface area contributed by atoms with Gasteiger partial charge in [-0.1, -0.05) is 35.5 Å². The third-order valence-corrected chi connectivity index (χ3v) is 4.66. The number of amides is 1. The van der Waals surface area contributed by atoms with Gasteiger partial charge in [-0.3, -0.25) is 14.2 Å². The van der Waals surface area contributed by atoms with Gasteiger partial charge < -0.3 is 10.1 Å². The summed E-state index contributed by atoms with van der Waals surface area (Å²) < 4.78 is 7.64. The molecule has 0 saturated carbocycles. The van der Waals surface area contributed by atoms with Crippen LogP contribution in [0.1, 0.15) is 22.8 Å². The van der Waals surface area contributed by atoms with Crippen molar-refractivity contribution in [2.45, 2.75) is 20.0 Å². The van der Waals surface area contributed by atoms with E-state index in [0.717, 1.165) is 5.56 Å². The first-order valence-corrected chi connectivity index (χ1v) is 9.94. The highest BCUT2D eigenvalue weighted by Crippen LogP contribution is 2.11. The van der Waals surface area contributed by atoms with Crippen molar-refractivity contribution in [3.05, 3.63) is 82.4 Å². The van der Waals surface area contributed by atoms with Gasteiger partial charge in [-0.2, -0.15) is 0 Å². The quantitative estimate of drug-likeness (QED) is 0.442. The lowest BCUT2D eigenvalue weighted by atomic mass is 10.2. The number of ether oxygens (including phenoxy) is 1. The van der Waals surface area contributed by atoms with Crippen LogP contribution in [0.25, 0.3) is 11.2 Å². The number of fused-ring (bicyclic) bond motifs is 1. The van der Waals surface area contributed by atoms with Crippen molar-refractivity contribution in [3.63, 3.8) is 0 Å². The SMILES string of the molecule is CCOC(=O)c1ccc(NC(=O)Cn2cnc3c(nnn3Cc3ccccc3)c2=O)cc1. The van der Waals surface area contributed by atoms with Crippen molar-refractivity contribution in [2.75, 3.05) is 11.9 Å². The maximum atomic E-state index is 12.7. The van der Waals surface area contributed by atoms with Crippen molar-refractivity contribution in [1.82, 2.24) is 24.5 Å². The minimum absolute atomic E-state index is 0.0926. The van der Waals surface area contributed by atoms with Gasteiger partial charge in [-0.25, -0.2) is 14.5 Å². The fraction of sp³-hybridized carbons (Fsp3) is 0.182. The Morgan fingerprint density at radius 1 is 1.06 bits per heavy atom. The van der Waals surface area contributed by atoms with Gasteiger partial charge >= 0.3 is 5.97 Å². The molecule has 0 spiro atoms. The van der Waals surface area contributed by atoms with Crippen LogP contribution >= 0.6 is 0 Å². The van der Waals surface area contributed by atoms with Gasteiger partial charge in [-0.15, -0.1) is 5.10 Å². The van der Waals surface area contributed by atoms with Crippen LogP contribution in [-0.4, -0.2) is 43.0 Å². The molecule has 4 rings (SSSR count). The zero-order chi connectivity index (χ0) is 22.5. The lowest BCUT2D eigenvalue weighted by Crippen LogP contribution is -2.28. The van der Waals surface area contributed by atoms with Crippen LogP contribution in [0.15, 0.2) is 65.7 Å². The standard InChI is InChI=1S/C22H20N6O4/c1-2-32-22(31)16-8-10-17(11-9-16)24-18(29)13-27-14-23-20-19(21(27)30)25-26-28(20)12-15-6-4-3-5-7-15/h3-11,14H,2,12-13H2,1H3,(H,24,29). The number of anilines is 1. The highest BCUT2D eigenvalue weighted by molar-refractivity contribution is 5.93. The second kappa shape index (κ2) is 9.21. The summed E-state index contributed by atoms with van der Waals surface area (Å²) in [6, 6.07) is 15.9. The van der Waals surface area contributed by atoms with E-state index in [1.54, 1.807) is 35.9 Å². The van der Waals surface area contributed by atoms with Crippen molar-refractivity contribution < 1.29 is 14.3 Å². The summed E-state index contributed by atoms with van der Waals surface area (Å²) >= 11 is 0. The van der Waals surface area contributed by atoms with Crippen molar-refractivity contribution in [1.29, 1.82) is 0 Å². The molecule has 10 nitrogen and oxygen atoms in total. The molecule has 0 aliphatic rings. The molecule has 32 heavy (non-hydrogen) atoms. The monoisotopic (exact) mass is 432 g/mol. The average molecular weight is 432 g/mol. The first-order valence-electron chi connectivity index (χ1n) is 9.94. The molecule has 0 radical (unpaired) electrons. The summed E-state index contributed by atoms with van der Waals surface area (Å²) in [4.78, 5) is 41.1. The van der Waals surface area contributed by atoms with Crippen molar-refractivity contribution in [2.24, 2.45) is 0 Å². The van der Waals surface area contributed by atoms with Crippen LogP contribution in [0.5, 0.6) is 0 Å². The van der Waals surface area contributed by atoms with Crippen LogP contribution in [0.4, 0.5) is 5.69 Å². The van der Waals surface area contributed by atoms with E-state index in [-0.39, 0.29) is 18.7 Å². The first-order chi connectivity index (χ1) is 15.5. The fourth-order valence-corrected chi connectivity index (χ4v) is 3.12. The predicted octanol–water partition coefficient (Wildman–Crippen LogP) is 1.85. The molecule has 0 fully saturated rings. The van der Waals surface area contributed by atoms with Crippen LogP contribution in [0.2, 0.25) is 0 Å². The van der Waals surface area contributed by atoms with Crippen LogP contribution < -0.4 is 10.9 Å². The summed E-state index contributed by atoms with van der Waals surface area (Å²) in [5.41, 5.74) is 1.86. The van der Waals surface area contributed by atoms with E-state index < -0.39 is 17.4 Å². The first kappa shape index (κ1) is 20.9. The predicted molar refractivity (Wildman–Crippen MR) is 116 cm³/mol. The molecule has 0 saturated heterocycles. The van der Waals surface area contributed by atoms with Gasteiger partial charge in [0.25, 0.3) is 5.56 Å². The maximum Gasteiger partial charge on any atom is 0.338 e. The topological polar surface area (TPSA) is 121 Å². The largest absolute Gasteiger partial charge is 0.462 e. The fourth-order valence-electron chi connectivity index (χ4n) is 3.12. The normalized spacial score (nSPS) is 10.8. The number of esters is 1. The number of nitrogens with zero attached hydrogens (tertiary/aromatic N) is 5. The molecule has 2 aromatic carbocycles. The number of aromatic nitrogens is 5. The Balaban J connectivity index is 1.46. The summed E-state index contributed by atoms with van der Waals surface area (Å²) in [5, 5.41) is 10.7. The highest BCUT2D eigenvalue weighted by atomic mass is 16.5. The van der Waals surface area contributed by atoms with Crippen LogP contribution in [0.3, 0.4) is 0 Å². The van der Waals surface area contributed by atoms with Gasteiger partial charge in [0.1, 0.15) is 12.9 Å². The summed E-state index contributed by atoms with van der Waals surface area (Å²) in [5.74, 6) is -0.856. The molecular weight excluding hydrogens is 412 g/mol. The third-order valence-electron chi connectivity index (χ3n) is 4.66. The lowest BCUT2D eigenvalue weighted by Gasteiger charge is -2.08. The van der Waals surface area contributed by atoms with E-state index in [2.05, 4.69) is 20.6 Å². The zero-order valence-electron chi connectivity index (χ0n) is 17.3. The lowest BCUT2D eigenvalue weighted by molar-refractivity contribution is -0.116. The number of carbonyl (C=O) groups is 2. The minimum atomic E-state index is -0.456. The molecule has 0 atom stereocenters.